The molecule has 0 unspecified atom stereocenters. The van der Waals surface area contributed by atoms with Crippen LogP contribution in [0.4, 0.5) is 0 Å². The molecule has 1 fully saturated rings. The van der Waals surface area contributed by atoms with Crippen LogP contribution in [0, 0.1) is 6.92 Å². The first kappa shape index (κ1) is 18.5. The molecule has 2 rings (SSSR count). The van der Waals surface area contributed by atoms with Crippen LogP contribution in [0.25, 0.3) is 6.08 Å². The molecule has 0 radical (unpaired) electrons. The van der Waals surface area contributed by atoms with E-state index in [1.807, 2.05) is 31.2 Å². The third-order valence-electron chi connectivity index (χ3n) is 4.66. The minimum absolute atomic E-state index is 0.0507. The van der Waals surface area contributed by atoms with Crippen molar-refractivity contribution in [2.24, 2.45) is 0 Å². The second-order valence-electron chi connectivity index (χ2n) is 6.60. The summed E-state index contributed by atoms with van der Waals surface area (Å²) in [6, 6.07) is 6.62. The van der Waals surface area contributed by atoms with E-state index in [9.17, 15) is 4.79 Å². The molecule has 1 amide bonds. The van der Waals surface area contributed by atoms with Crippen molar-refractivity contribution < 1.29 is 9.53 Å². The first-order valence-electron chi connectivity index (χ1n) is 8.95. The van der Waals surface area contributed by atoms with Gasteiger partial charge in [0.1, 0.15) is 5.75 Å². The molecule has 1 N–H and O–H groups in total. The second-order valence-corrected chi connectivity index (χ2v) is 6.60. The predicted octanol–water partition coefficient (Wildman–Crippen LogP) is 3.40. The second kappa shape index (κ2) is 9.48. The summed E-state index contributed by atoms with van der Waals surface area (Å²) in [6.07, 6.45) is 8.35. The number of hydrogen-bond donors (Lipinski definition) is 1. The number of likely N-dealkylation sites (tertiary alicyclic amines) is 1. The molecule has 132 valence electrons. The molecule has 0 saturated carbocycles. The number of nitrogens with one attached hydrogen (secondary N) is 1. The number of nitrogens with zero attached hydrogens (tertiary/aromatic N) is 1. The first-order valence-corrected chi connectivity index (χ1v) is 8.95. The lowest BCUT2D eigenvalue weighted by molar-refractivity contribution is -0.116. The Morgan fingerprint density at radius 3 is 3.00 bits per heavy atom. The van der Waals surface area contributed by atoms with Gasteiger partial charge in [-0.15, -0.1) is 0 Å². The normalized spacial score (nSPS) is 18.7. The summed E-state index contributed by atoms with van der Waals surface area (Å²) < 4.78 is 5.32. The van der Waals surface area contributed by atoms with E-state index >= 15 is 0 Å². The number of benzene rings is 1. The number of aryl methyl sites for hydroxylation is 1. The molecule has 0 aliphatic carbocycles. The molecule has 1 aromatic carbocycles. The van der Waals surface area contributed by atoms with E-state index in [0.717, 1.165) is 36.4 Å². The van der Waals surface area contributed by atoms with Crippen molar-refractivity contribution >= 4 is 12.0 Å². The van der Waals surface area contributed by atoms with Crippen LogP contribution in [0.1, 0.15) is 43.7 Å². The number of hydrogen-bond acceptors (Lipinski definition) is 3. The third kappa shape index (κ3) is 5.68. The van der Waals surface area contributed by atoms with E-state index in [0.29, 0.717) is 6.04 Å². The molecule has 1 aliphatic rings. The number of carbonyl (C=O) groups is 1. The molecule has 4 heteroatoms. The van der Waals surface area contributed by atoms with Crippen molar-refractivity contribution in [2.75, 3.05) is 26.7 Å². The maximum absolute atomic E-state index is 12.0. The van der Waals surface area contributed by atoms with E-state index in [4.69, 9.17) is 4.74 Å². The van der Waals surface area contributed by atoms with Gasteiger partial charge in [0.2, 0.25) is 5.91 Å². The minimum Gasteiger partial charge on any atom is -0.496 e. The van der Waals surface area contributed by atoms with Crippen molar-refractivity contribution in [2.45, 2.75) is 45.6 Å². The Bertz CT molecular complexity index is 569. The van der Waals surface area contributed by atoms with Gasteiger partial charge in [-0.3, -0.25) is 4.79 Å². The summed E-state index contributed by atoms with van der Waals surface area (Å²) in [5, 5.41) is 2.97. The minimum atomic E-state index is -0.0507. The van der Waals surface area contributed by atoms with E-state index in [1.165, 1.54) is 25.8 Å². The molecule has 1 aromatic rings. The number of ether oxygens (including phenoxy) is 1. The Kier molecular flexibility index (Phi) is 7.32. The van der Waals surface area contributed by atoms with E-state index in [-0.39, 0.29) is 5.91 Å². The van der Waals surface area contributed by atoms with Gasteiger partial charge in [-0.2, -0.15) is 0 Å². The van der Waals surface area contributed by atoms with Crippen molar-refractivity contribution in [3.05, 3.63) is 35.4 Å². The van der Waals surface area contributed by atoms with Crippen molar-refractivity contribution in [3.8, 4) is 5.75 Å². The number of amides is 1. The van der Waals surface area contributed by atoms with Gasteiger partial charge in [0, 0.05) is 30.8 Å². The van der Waals surface area contributed by atoms with Gasteiger partial charge in [-0.1, -0.05) is 18.1 Å². The van der Waals surface area contributed by atoms with Crippen LogP contribution in [0.3, 0.4) is 0 Å². The van der Waals surface area contributed by atoms with Gasteiger partial charge in [-0.05, 0) is 57.9 Å². The zero-order valence-corrected chi connectivity index (χ0v) is 15.2. The van der Waals surface area contributed by atoms with Crippen LogP contribution in [0.2, 0.25) is 0 Å². The van der Waals surface area contributed by atoms with E-state index in [1.54, 1.807) is 13.2 Å². The Balaban J connectivity index is 1.74. The highest BCUT2D eigenvalue weighted by Crippen LogP contribution is 2.20. The van der Waals surface area contributed by atoms with E-state index < -0.39 is 0 Å². The SMILES string of the molecule is COc1ccc(C)cc1/C=C/C(=O)NCCCN1CCCC[C@@H]1C. The quantitative estimate of drug-likeness (QED) is 0.615. The largest absolute Gasteiger partial charge is 0.496 e. The predicted molar refractivity (Wildman–Crippen MR) is 99.3 cm³/mol. The zero-order chi connectivity index (χ0) is 17.4. The van der Waals surface area contributed by atoms with Crippen LogP contribution in [-0.4, -0.2) is 43.6 Å². The standard InChI is InChI=1S/C20H30N2O2/c1-16-8-10-19(24-3)18(15-16)9-11-20(23)21-12-6-14-22-13-5-4-7-17(22)2/h8-11,15,17H,4-7,12-14H2,1-3H3,(H,21,23)/b11-9+/t17-/m0/s1. The number of piperidine rings is 1. The van der Waals surface area contributed by atoms with Crippen molar-refractivity contribution in [1.82, 2.24) is 10.2 Å². The van der Waals surface area contributed by atoms with Crippen molar-refractivity contribution in [1.29, 1.82) is 0 Å². The highest BCUT2D eigenvalue weighted by atomic mass is 16.5. The smallest absolute Gasteiger partial charge is 0.244 e. The lowest BCUT2D eigenvalue weighted by Crippen LogP contribution is -2.39. The lowest BCUT2D eigenvalue weighted by atomic mass is 10.0. The van der Waals surface area contributed by atoms with Crippen LogP contribution >= 0.6 is 0 Å². The van der Waals surface area contributed by atoms with Gasteiger partial charge in [-0.25, -0.2) is 0 Å². The Hall–Kier alpha value is -1.81. The topological polar surface area (TPSA) is 41.6 Å². The summed E-state index contributed by atoms with van der Waals surface area (Å²) in [4.78, 5) is 14.5. The fraction of sp³-hybridized carbons (Fsp3) is 0.550. The van der Waals surface area contributed by atoms with Crippen molar-refractivity contribution in [3.63, 3.8) is 0 Å². The fourth-order valence-corrected chi connectivity index (χ4v) is 3.19. The third-order valence-corrected chi connectivity index (χ3v) is 4.66. The Morgan fingerprint density at radius 2 is 2.25 bits per heavy atom. The Morgan fingerprint density at radius 1 is 1.42 bits per heavy atom. The monoisotopic (exact) mass is 330 g/mol. The molecule has 1 atom stereocenters. The first-order chi connectivity index (χ1) is 11.6. The maximum atomic E-state index is 12.0. The van der Waals surface area contributed by atoms with E-state index in [2.05, 4.69) is 17.1 Å². The molecule has 1 heterocycles. The highest BCUT2D eigenvalue weighted by Gasteiger charge is 2.17. The fourth-order valence-electron chi connectivity index (χ4n) is 3.19. The molecule has 0 spiro atoms. The molecule has 24 heavy (non-hydrogen) atoms. The van der Waals surface area contributed by atoms with Crippen LogP contribution in [-0.2, 0) is 4.79 Å². The van der Waals surface area contributed by atoms with Crippen LogP contribution in [0.5, 0.6) is 5.75 Å². The average molecular weight is 330 g/mol. The van der Waals surface area contributed by atoms with Gasteiger partial charge < -0.3 is 15.0 Å². The van der Waals surface area contributed by atoms with Crippen LogP contribution < -0.4 is 10.1 Å². The van der Waals surface area contributed by atoms with Crippen LogP contribution in [0.15, 0.2) is 24.3 Å². The number of rotatable bonds is 7. The van der Waals surface area contributed by atoms with Gasteiger partial charge in [0.25, 0.3) is 0 Å². The lowest BCUT2D eigenvalue weighted by Gasteiger charge is -2.33. The number of methoxy groups -OCH3 is 1. The highest BCUT2D eigenvalue weighted by molar-refractivity contribution is 5.92. The summed E-state index contributed by atoms with van der Waals surface area (Å²) in [5.74, 6) is 0.731. The molecule has 0 bridgehead atoms. The molecular formula is C20H30N2O2. The summed E-state index contributed by atoms with van der Waals surface area (Å²) in [7, 11) is 1.64. The maximum Gasteiger partial charge on any atom is 0.244 e. The average Bonchev–Trinajstić information content (AvgIpc) is 2.58. The molecule has 0 aromatic heterocycles. The molecule has 1 saturated heterocycles. The summed E-state index contributed by atoms with van der Waals surface area (Å²) in [5.41, 5.74) is 2.07. The molecule has 4 nitrogen and oxygen atoms in total. The summed E-state index contributed by atoms with van der Waals surface area (Å²) >= 11 is 0. The number of carbonyl (C=O) groups excluding carboxylic acids is 1. The Labute approximate surface area is 145 Å². The molecule has 1 aliphatic heterocycles. The summed E-state index contributed by atoms with van der Waals surface area (Å²) in [6.45, 7) is 7.31. The van der Waals surface area contributed by atoms with Gasteiger partial charge in [0.15, 0.2) is 0 Å². The molecular weight excluding hydrogens is 300 g/mol. The zero-order valence-electron chi connectivity index (χ0n) is 15.2. The van der Waals surface area contributed by atoms with Gasteiger partial charge in [0.05, 0.1) is 7.11 Å². The van der Waals surface area contributed by atoms with Gasteiger partial charge >= 0.3 is 0 Å².